The van der Waals surface area contributed by atoms with Crippen molar-refractivity contribution in [3.05, 3.63) is 47.4 Å². The minimum absolute atomic E-state index is 0.372. The third kappa shape index (κ3) is 3.41. The summed E-state index contributed by atoms with van der Waals surface area (Å²) < 4.78 is 5.37. The van der Waals surface area contributed by atoms with Crippen LogP contribution in [0, 0.1) is 27.2 Å². The summed E-state index contributed by atoms with van der Waals surface area (Å²) in [5, 5.41) is 4.03. The summed E-state index contributed by atoms with van der Waals surface area (Å²) >= 11 is 0. The molecule has 0 bridgehead atoms. The molecule has 3 aromatic heterocycles. The molecule has 0 aromatic carbocycles. The minimum atomic E-state index is 0.372. The number of hydrogen-bond donors (Lipinski definition) is 0. The summed E-state index contributed by atoms with van der Waals surface area (Å²) in [5.74, 6) is 1.51. The first kappa shape index (κ1) is 15.3. The molecule has 0 aliphatic heterocycles. The number of pyridine rings is 1. The Balaban J connectivity index is 1.98. The first-order chi connectivity index (χ1) is 11.0. The van der Waals surface area contributed by atoms with E-state index in [-0.39, 0.29) is 0 Å². The van der Waals surface area contributed by atoms with E-state index in [1.807, 2.05) is 52.3 Å². The fourth-order valence-corrected chi connectivity index (χ4v) is 2.36. The molecule has 6 nitrogen and oxygen atoms in total. The van der Waals surface area contributed by atoms with Crippen molar-refractivity contribution in [2.45, 2.75) is 34.1 Å². The number of nitrogens with zero attached hydrogens (tertiary/aromatic N) is 5. The predicted molar refractivity (Wildman–Crippen MR) is 86.5 cm³/mol. The van der Waals surface area contributed by atoms with Gasteiger partial charge < -0.3 is 4.52 Å². The van der Waals surface area contributed by atoms with Crippen LogP contribution in [0.4, 0.5) is 0 Å². The second-order valence-corrected chi connectivity index (χ2v) is 5.46. The largest absolute Gasteiger partial charge is 0.332 e. The van der Waals surface area contributed by atoms with Crippen molar-refractivity contribution in [2.24, 2.45) is 0 Å². The number of aromatic nitrogens is 5. The van der Waals surface area contributed by atoms with Crippen molar-refractivity contribution in [1.82, 2.24) is 25.1 Å². The highest BCUT2D eigenvalue weighted by atomic mass is 16.5. The molecule has 0 saturated carbocycles. The molecule has 0 fully saturated rings. The van der Waals surface area contributed by atoms with Crippen molar-refractivity contribution >= 4 is 0 Å². The third-order valence-corrected chi connectivity index (χ3v) is 3.23. The number of hydrogen-bond acceptors (Lipinski definition) is 6. The quantitative estimate of drug-likeness (QED) is 0.734. The summed E-state index contributed by atoms with van der Waals surface area (Å²) in [7, 11) is 0. The highest BCUT2D eigenvalue weighted by Crippen LogP contribution is 2.21. The van der Waals surface area contributed by atoms with Gasteiger partial charge in [0.25, 0.3) is 5.89 Å². The average molecular weight is 308 g/mol. The molecule has 117 valence electrons. The maximum atomic E-state index is 5.37. The lowest BCUT2D eigenvalue weighted by atomic mass is 10.2. The molecule has 1 radical (unpaired) electrons. The Hall–Kier alpha value is -2.63. The summed E-state index contributed by atoms with van der Waals surface area (Å²) in [6.07, 6.45) is 2.82. The van der Waals surface area contributed by atoms with Gasteiger partial charge in [0.05, 0.1) is 0 Å². The smallest absolute Gasteiger partial charge is 0.277 e. The van der Waals surface area contributed by atoms with E-state index in [0.29, 0.717) is 28.9 Å². The van der Waals surface area contributed by atoms with E-state index >= 15 is 0 Å². The molecule has 0 unspecified atom stereocenters. The average Bonchev–Trinajstić information content (AvgIpc) is 2.96. The molecule has 0 aliphatic carbocycles. The van der Waals surface area contributed by atoms with Gasteiger partial charge in [-0.1, -0.05) is 12.1 Å². The lowest BCUT2D eigenvalue weighted by Crippen LogP contribution is -1.97. The summed E-state index contributed by atoms with van der Waals surface area (Å²) in [6.45, 7) is 7.92. The van der Waals surface area contributed by atoms with Crippen LogP contribution < -0.4 is 0 Å². The minimum Gasteiger partial charge on any atom is -0.332 e. The molecule has 3 aromatic rings. The Morgan fingerprint density at radius 3 is 2.43 bits per heavy atom. The van der Waals surface area contributed by atoms with Crippen LogP contribution in [0.25, 0.3) is 23.1 Å². The van der Waals surface area contributed by atoms with Gasteiger partial charge in [-0.3, -0.25) is 0 Å². The van der Waals surface area contributed by atoms with Gasteiger partial charge in [0, 0.05) is 17.8 Å². The molecule has 0 spiro atoms. The van der Waals surface area contributed by atoms with Crippen molar-refractivity contribution in [1.29, 1.82) is 0 Å². The standard InChI is InChI=1S/C17H18N5O/c1-5-6-15-19-12(4)9-14(20-15)17-21-16(22-23-17)13-8-10(2)7-11(3)18-13/h6-9H,5H2,1-4H3. The molecule has 0 N–H and O–H groups in total. The zero-order chi connectivity index (χ0) is 16.4. The van der Waals surface area contributed by atoms with Crippen molar-refractivity contribution in [2.75, 3.05) is 0 Å². The van der Waals surface area contributed by atoms with Crippen LogP contribution in [0.15, 0.2) is 22.7 Å². The summed E-state index contributed by atoms with van der Waals surface area (Å²) in [5.41, 5.74) is 4.21. The molecule has 0 aliphatic rings. The van der Waals surface area contributed by atoms with E-state index in [4.69, 9.17) is 4.52 Å². The third-order valence-electron chi connectivity index (χ3n) is 3.23. The topological polar surface area (TPSA) is 77.6 Å². The number of aryl methyl sites for hydroxylation is 3. The second-order valence-electron chi connectivity index (χ2n) is 5.46. The summed E-state index contributed by atoms with van der Waals surface area (Å²) in [6, 6.07) is 5.77. The maximum Gasteiger partial charge on any atom is 0.277 e. The molecule has 0 atom stereocenters. The Kier molecular flexibility index (Phi) is 4.14. The fraction of sp³-hybridized carbons (Fsp3) is 0.294. The van der Waals surface area contributed by atoms with Gasteiger partial charge in [-0.05, 0) is 51.0 Å². The van der Waals surface area contributed by atoms with Crippen molar-refractivity contribution < 1.29 is 4.52 Å². The van der Waals surface area contributed by atoms with Crippen LogP contribution in [0.3, 0.4) is 0 Å². The van der Waals surface area contributed by atoms with Gasteiger partial charge in [-0.2, -0.15) is 4.98 Å². The first-order valence-corrected chi connectivity index (χ1v) is 7.54. The Labute approximate surface area is 135 Å². The van der Waals surface area contributed by atoms with E-state index in [1.54, 1.807) is 0 Å². The lowest BCUT2D eigenvalue weighted by molar-refractivity contribution is 0.430. The zero-order valence-electron chi connectivity index (χ0n) is 13.7. The highest BCUT2D eigenvalue weighted by molar-refractivity contribution is 5.55. The lowest BCUT2D eigenvalue weighted by Gasteiger charge is -2.01. The van der Waals surface area contributed by atoms with Gasteiger partial charge in [-0.15, -0.1) is 0 Å². The van der Waals surface area contributed by atoms with Crippen molar-refractivity contribution in [3.8, 4) is 23.1 Å². The van der Waals surface area contributed by atoms with Crippen LogP contribution in [0.1, 0.15) is 36.1 Å². The second kappa shape index (κ2) is 6.24. The van der Waals surface area contributed by atoms with E-state index < -0.39 is 0 Å². The molecule has 0 amide bonds. The fourth-order valence-electron chi connectivity index (χ4n) is 2.36. The molecular weight excluding hydrogens is 290 g/mol. The van der Waals surface area contributed by atoms with Crippen LogP contribution in [0.2, 0.25) is 0 Å². The van der Waals surface area contributed by atoms with Gasteiger partial charge in [0.15, 0.2) is 0 Å². The van der Waals surface area contributed by atoms with E-state index in [9.17, 15) is 0 Å². The SMILES string of the molecule is CC[CH]c1nc(C)cc(-c2nc(-c3cc(C)cc(C)n3)no2)n1. The van der Waals surface area contributed by atoms with Crippen LogP contribution in [-0.2, 0) is 0 Å². The molecule has 23 heavy (non-hydrogen) atoms. The normalized spacial score (nSPS) is 11.0. The molecule has 0 saturated heterocycles. The van der Waals surface area contributed by atoms with Gasteiger partial charge in [-0.25, -0.2) is 15.0 Å². The predicted octanol–water partition coefficient (Wildman–Crippen LogP) is 3.48. The Morgan fingerprint density at radius 1 is 0.913 bits per heavy atom. The van der Waals surface area contributed by atoms with E-state index in [0.717, 1.165) is 23.4 Å². The van der Waals surface area contributed by atoms with Crippen LogP contribution >= 0.6 is 0 Å². The Morgan fingerprint density at radius 2 is 1.70 bits per heavy atom. The monoisotopic (exact) mass is 308 g/mol. The molecule has 3 rings (SSSR count). The van der Waals surface area contributed by atoms with Gasteiger partial charge in [0.2, 0.25) is 5.82 Å². The van der Waals surface area contributed by atoms with E-state index in [1.165, 1.54) is 0 Å². The maximum absolute atomic E-state index is 5.37. The van der Waals surface area contributed by atoms with Gasteiger partial charge in [0.1, 0.15) is 17.2 Å². The highest BCUT2D eigenvalue weighted by Gasteiger charge is 2.15. The molecule has 3 heterocycles. The van der Waals surface area contributed by atoms with E-state index in [2.05, 4.69) is 25.1 Å². The molecular formula is C17H18N5O. The Bertz CT molecular complexity index is 821. The van der Waals surface area contributed by atoms with Gasteiger partial charge >= 0.3 is 0 Å². The first-order valence-electron chi connectivity index (χ1n) is 7.54. The zero-order valence-corrected chi connectivity index (χ0v) is 13.7. The van der Waals surface area contributed by atoms with Crippen LogP contribution in [-0.4, -0.2) is 25.1 Å². The van der Waals surface area contributed by atoms with Crippen molar-refractivity contribution in [3.63, 3.8) is 0 Å². The summed E-state index contributed by atoms with van der Waals surface area (Å²) in [4.78, 5) is 17.7. The van der Waals surface area contributed by atoms with Crippen LogP contribution in [0.5, 0.6) is 0 Å². The molecule has 6 heteroatoms. The number of rotatable bonds is 4.